The second-order valence-corrected chi connectivity index (χ2v) is 4.93. The largest absolute Gasteiger partial charge is 0.385 e. The fraction of sp³-hybridized carbons (Fsp3) is 0.538. The van der Waals surface area contributed by atoms with Gasteiger partial charge in [0.05, 0.1) is 4.92 Å². The Morgan fingerprint density at radius 2 is 1.94 bits per heavy atom. The van der Waals surface area contributed by atoms with E-state index in [2.05, 4.69) is 17.3 Å². The number of nitro benzene ring substituents is 1. The highest BCUT2D eigenvalue weighted by atomic mass is 16.6. The number of hydrogen-bond donors (Lipinski definition) is 1. The highest BCUT2D eigenvalue weighted by Crippen LogP contribution is 2.19. The summed E-state index contributed by atoms with van der Waals surface area (Å²) in [5.74, 6) is 0.705. The van der Waals surface area contributed by atoms with Crippen molar-refractivity contribution in [3.63, 3.8) is 0 Å². The van der Waals surface area contributed by atoms with Gasteiger partial charge in [0, 0.05) is 24.4 Å². The second-order valence-electron chi connectivity index (χ2n) is 4.93. The number of rotatable bonds is 4. The average molecular weight is 249 g/mol. The van der Waals surface area contributed by atoms with Gasteiger partial charge in [-0.05, 0) is 51.0 Å². The zero-order valence-corrected chi connectivity index (χ0v) is 10.6. The lowest BCUT2D eigenvalue weighted by Gasteiger charge is -2.29. The first-order chi connectivity index (χ1) is 8.65. The Balaban J connectivity index is 1.81. The molecule has 0 saturated carbocycles. The maximum Gasteiger partial charge on any atom is 0.269 e. The molecule has 1 aromatic rings. The molecular formula is C13H19N3O2. The molecule has 0 aromatic heterocycles. The summed E-state index contributed by atoms with van der Waals surface area (Å²) in [6.07, 6.45) is 2.44. The van der Waals surface area contributed by atoms with E-state index in [0.717, 1.165) is 25.3 Å². The van der Waals surface area contributed by atoms with Crippen molar-refractivity contribution in [1.29, 1.82) is 0 Å². The predicted molar refractivity (Wildman–Crippen MR) is 71.8 cm³/mol. The van der Waals surface area contributed by atoms with Crippen molar-refractivity contribution in [3.8, 4) is 0 Å². The highest BCUT2D eigenvalue weighted by molar-refractivity contribution is 5.48. The van der Waals surface area contributed by atoms with E-state index in [4.69, 9.17) is 0 Å². The van der Waals surface area contributed by atoms with Gasteiger partial charge in [-0.25, -0.2) is 0 Å². The van der Waals surface area contributed by atoms with Gasteiger partial charge in [-0.2, -0.15) is 0 Å². The van der Waals surface area contributed by atoms with Crippen LogP contribution in [0, 0.1) is 16.0 Å². The van der Waals surface area contributed by atoms with Gasteiger partial charge in [0.2, 0.25) is 0 Å². The van der Waals surface area contributed by atoms with Gasteiger partial charge in [0.25, 0.3) is 5.69 Å². The summed E-state index contributed by atoms with van der Waals surface area (Å²) in [5, 5.41) is 13.9. The Morgan fingerprint density at radius 1 is 1.33 bits per heavy atom. The molecule has 1 saturated heterocycles. The van der Waals surface area contributed by atoms with Crippen molar-refractivity contribution in [3.05, 3.63) is 34.4 Å². The van der Waals surface area contributed by atoms with Gasteiger partial charge in [0.1, 0.15) is 0 Å². The molecule has 0 spiro atoms. The first kappa shape index (κ1) is 12.8. The maximum atomic E-state index is 10.5. The minimum absolute atomic E-state index is 0.139. The third-order valence-electron chi connectivity index (χ3n) is 3.51. The van der Waals surface area contributed by atoms with Gasteiger partial charge >= 0.3 is 0 Å². The fourth-order valence-corrected chi connectivity index (χ4v) is 2.23. The van der Waals surface area contributed by atoms with E-state index < -0.39 is 0 Å². The van der Waals surface area contributed by atoms with Gasteiger partial charge in [-0.1, -0.05) is 0 Å². The first-order valence-corrected chi connectivity index (χ1v) is 6.32. The molecule has 0 amide bonds. The van der Waals surface area contributed by atoms with Crippen molar-refractivity contribution >= 4 is 11.4 Å². The number of non-ortho nitro benzene ring substituents is 1. The zero-order valence-electron chi connectivity index (χ0n) is 10.6. The highest BCUT2D eigenvalue weighted by Gasteiger charge is 2.16. The van der Waals surface area contributed by atoms with Crippen LogP contribution in [0.25, 0.3) is 0 Å². The van der Waals surface area contributed by atoms with Crippen LogP contribution in [0.15, 0.2) is 24.3 Å². The molecule has 0 unspecified atom stereocenters. The van der Waals surface area contributed by atoms with Crippen LogP contribution in [-0.4, -0.2) is 36.5 Å². The molecule has 1 heterocycles. The van der Waals surface area contributed by atoms with Gasteiger partial charge in [-0.3, -0.25) is 10.1 Å². The molecule has 0 bridgehead atoms. The molecule has 5 nitrogen and oxygen atoms in total. The van der Waals surface area contributed by atoms with E-state index in [0.29, 0.717) is 5.92 Å². The Bertz CT molecular complexity index is 397. The molecule has 1 fully saturated rings. The summed E-state index contributed by atoms with van der Waals surface area (Å²) in [6.45, 7) is 3.27. The van der Waals surface area contributed by atoms with Crippen molar-refractivity contribution in [1.82, 2.24) is 4.90 Å². The number of nitro groups is 1. The van der Waals surface area contributed by atoms with Gasteiger partial charge < -0.3 is 10.2 Å². The molecule has 98 valence electrons. The summed E-state index contributed by atoms with van der Waals surface area (Å²) < 4.78 is 0. The molecule has 18 heavy (non-hydrogen) atoms. The van der Waals surface area contributed by atoms with Gasteiger partial charge in [0.15, 0.2) is 0 Å². The topological polar surface area (TPSA) is 58.4 Å². The third-order valence-corrected chi connectivity index (χ3v) is 3.51. The summed E-state index contributed by atoms with van der Waals surface area (Å²) in [4.78, 5) is 12.5. The van der Waals surface area contributed by atoms with E-state index in [1.807, 2.05) is 0 Å². The van der Waals surface area contributed by atoms with Crippen LogP contribution in [0.4, 0.5) is 11.4 Å². The summed E-state index contributed by atoms with van der Waals surface area (Å²) in [6, 6.07) is 6.62. The van der Waals surface area contributed by atoms with Crippen LogP contribution in [0.1, 0.15) is 12.8 Å². The number of piperidine rings is 1. The molecule has 2 rings (SSSR count). The van der Waals surface area contributed by atoms with Crippen LogP contribution < -0.4 is 5.32 Å². The van der Waals surface area contributed by atoms with Crippen molar-refractivity contribution in [2.24, 2.45) is 5.92 Å². The number of anilines is 1. The summed E-state index contributed by atoms with van der Waals surface area (Å²) >= 11 is 0. The molecule has 0 aliphatic carbocycles. The minimum atomic E-state index is -0.374. The SMILES string of the molecule is CN1CCC(CNc2ccc([N+](=O)[O-])cc2)CC1. The Kier molecular flexibility index (Phi) is 4.15. The number of benzene rings is 1. The van der Waals surface area contributed by atoms with Gasteiger partial charge in [-0.15, -0.1) is 0 Å². The number of nitrogens with one attached hydrogen (secondary N) is 1. The molecule has 1 aliphatic rings. The number of likely N-dealkylation sites (tertiary alicyclic amines) is 1. The minimum Gasteiger partial charge on any atom is -0.385 e. The monoisotopic (exact) mass is 249 g/mol. The molecular weight excluding hydrogens is 230 g/mol. The lowest BCUT2D eigenvalue weighted by atomic mass is 9.97. The van der Waals surface area contributed by atoms with Crippen LogP contribution >= 0.6 is 0 Å². The summed E-state index contributed by atoms with van der Waals surface area (Å²) in [7, 11) is 2.15. The normalized spacial score (nSPS) is 17.6. The number of nitrogens with zero attached hydrogens (tertiary/aromatic N) is 2. The van der Waals surface area contributed by atoms with Crippen LogP contribution in [0.3, 0.4) is 0 Å². The van der Waals surface area contributed by atoms with Crippen LogP contribution in [0.5, 0.6) is 0 Å². The Morgan fingerprint density at radius 3 is 2.50 bits per heavy atom. The molecule has 1 aromatic carbocycles. The second kappa shape index (κ2) is 5.82. The Hall–Kier alpha value is -1.62. The lowest BCUT2D eigenvalue weighted by molar-refractivity contribution is -0.384. The van der Waals surface area contributed by atoms with E-state index in [1.54, 1.807) is 12.1 Å². The van der Waals surface area contributed by atoms with E-state index >= 15 is 0 Å². The van der Waals surface area contributed by atoms with Crippen molar-refractivity contribution in [2.45, 2.75) is 12.8 Å². The van der Waals surface area contributed by atoms with E-state index in [-0.39, 0.29) is 10.6 Å². The van der Waals surface area contributed by atoms with Crippen molar-refractivity contribution < 1.29 is 4.92 Å². The molecule has 0 atom stereocenters. The first-order valence-electron chi connectivity index (χ1n) is 6.32. The quantitative estimate of drug-likeness (QED) is 0.657. The van der Waals surface area contributed by atoms with E-state index in [1.165, 1.54) is 25.0 Å². The lowest BCUT2D eigenvalue weighted by Crippen LogP contribution is -2.32. The molecule has 0 radical (unpaired) electrons. The van der Waals surface area contributed by atoms with Crippen LogP contribution in [-0.2, 0) is 0 Å². The summed E-state index contributed by atoms with van der Waals surface area (Å²) in [5.41, 5.74) is 1.10. The fourth-order valence-electron chi connectivity index (χ4n) is 2.23. The number of hydrogen-bond acceptors (Lipinski definition) is 4. The standard InChI is InChI=1S/C13H19N3O2/c1-15-8-6-11(7-9-15)10-14-12-2-4-13(5-3-12)16(17)18/h2-5,11,14H,6-10H2,1H3. The predicted octanol–water partition coefficient (Wildman–Crippen LogP) is 2.35. The van der Waals surface area contributed by atoms with Crippen molar-refractivity contribution in [2.75, 3.05) is 32.0 Å². The zero-order chi connectivity index (χ0) is 13.0. The van der Waals surface area contributed by atoms with Crippen LogP contribution in [0.2, 0.25) is 0 Å². The third kappa shape index (κ3) is 3.43. The maximum absolute atomic E-state index is 10.5. The molecule has 5 heteroatoms. The van der Waals surface area contributed by atoms with E-state index in [9.17, 15) is 10.1 Å². The average Bonchev–Trinajstić information content (AvgIpc) is 2.38. The Labute approximate surface area is 107 Å². The molecule has 1 N–H and O–H groups in total. The molecule has 1 aliphatic heterocycles. The smallest absolute Gasteiger partial charge is 0.269 e.